The Kier molecular flexibility index (Phi) is 6.36. The van der Waals surface area contributed by atoms with Crippen LogP contribution in [-0.2, 0) is 10.2 Å². The van der Waals surface area contributed by atoms with Gasteiger partial charge in [0.05, 0.1) is 6.04 Å². The summed E-state index contributed by atoms with van der Waals surface area (Å²) in [5.74, 6) is -0.106. The molecule has 0 aliphatic rings. The normalized spacial score (nSPS) is 12.5. The number of carbonyl (C=O) groups is 1. The maximum absolute atomic E-state index is 11.5. The third-order valence-corrected chi connectivity index (χ3v) is 2.92. The number of nitrogens with two attached hydrogens (primary N) is 1. The van der Waals surface area contributed by atoms with Crippen molar-refractivity contribution in [3.8, 4) is 0 Å². The molecule has 0 bridgehead atoms. The first-order valence-corrected chi connectivity index (χ1v) is 5.93. The van der Waals surface area contributed by atoms with Crippen LogP contribution in [0.1, 0.15) is 31.9 Å². The highest BCUT2D eigenvalue weighted by Crippen LogP contribution is 2.22. The fraction of sp³-hybridized carbons (Fsp3) is 0.500. The zero-order valence-corrected chi connectivity index (χ0v) is 12.3. The minimum absolute atomic E-state index is 0. The Labute approximate surface area is 116 Å². The van der Waals surface area contributed by atoms with Crippen molar-refractivity contribution in [2.24, 2.45) is 5.73 Å². The van der Waals surface area contributed by atoms with Crippen LogP contribution in [-0.4, -0.2) is 18.5 Å². The van der Waals surface area contributed by atoms with E-state index < -0.39 is 6.04 Å². The van der Waals surface area contributed by atoms with Gasteiger partial charge >= 0.3 is 0 Å². The van der Waals surface area contributed by atoms with E-state index in [0.717, 1.165) is 0 Å². The molecule has 0 fully saturated rings. The lowest BCUT2D eigenvalue weighted by molar-refractivity contribution is -0.122. The van der Waals surface area contributed by atoms with Crippen molar-refractivity contribution in [1.29, 1.82) is 0 Å². The topological polar surface area (TPSA) is 55.1 Å². The van der Waals surface area contributed by atoms with Crippen LogP contribution in [0.5, 0.6) is 0 Å². The first-order valence-electron chi connectivity index (χ1n) is 5.93. The Morgan fingerprint density at radius 2 is 2.06 bits per heavy atom. The van der Waals surface area contributed by atoms with E-state index in [2.05, 4.69) is 44.3 Å². The van der Waals surface area contributed by atoms with Crippen LogP contribution in [0.4, 0.5) is 0 Å². The van der Waals surface area contributed by atoms with Crippen LogP contribution < -0.4 is 11.1 Å². The molecule has 0 radical (unpaired) electrons. The van der Waals surface area contributed by atoms with E-state index in [1.54, 1.807) is 6.92 Å². The number of carbonyl (C=O) groups excluding carboxylic acids is 1. The summed E-state index contributed by atoms with van der Waals surface area (Å²) in [6.07, 6.45) is 0. The molecule has 0 aliphatic heterocycles. The van der Waals surface area contributed by atoms with E-state index in [9.17, 15) is 4.79 Å². The van der Waals surface area contributed by atoms with Gasteiger partial charge in [-0.05, 0) is 19.4 Å². The Balaban J connectivity index is 0.00000289. The lowest BCUT2D eigenvalue weighted by atomic mass is 9.84. The van der Waals surface area contributed by atoms with Gasteiger partial charge in [-0.25, -0.2) is 0 Å². The van der Waals surface area contributed by atoms with E-state index in [1.165, 1.54) is 11.1 Å². The number of nitrogens with one attached hydrogen (secondary N) is 1. The molecule has 0 aromatic heterocycles. The van der Waals surface area contributed by atoms with Crippen molar-refractivity contribution in [2.75, 3.05) is 6.54 Å². The predicted octanol–water partition coefficient (Wildman–Crippen LogP) is 2.16. The maximum atomic E-state index is 11.5. The number of halogens is 1. The van der Waals surface area contributed by atoms with E-state index in [4.69, 9.17) is 5.73 Å². The molecule has 0 aliphatic carbocycles. The number of aryl methyl sites for hydroxylation is 1. The molecule has 3 N–H and O–H groups in total. The number of amides is 1. The van der Waals surface area contributed by atoms with E-state index in [1.807, 2.05) is 6.07 Å². The van der Waals surface area contributed by atoms with Gasteiger partial charge in [0, 0.05) is 12.0 Å². The maximum Gasteiger partial charge on any atom is 0.236 e. The number of rotatable bonds is 4. The Morgan fingerprint density at radius 3 is 2.56 bits per heavy atom. The summed E-state index contributed by atoms with van der Waals surface area (Å²) >= 11 is 0. The number of benzene rings is 1. The second-order valence-corrected chi connectivity index (χ2v) is 5.26. The Hall–Kier alpha value is -1.06. The molecular weight excluding hydrogens is 248 g/mol. The molecule has 18 heavy (non-hydrogen) atoms. The summed E-state index contributed by atoms with van der Waals surface area (Å²) in [5.41, 5.74) is 7.88. The molecule has 0 saturated carbocycles. The predicted molar refractivity (Wildman–Crippen MR) is 78.1 cm³/mol. The van der Waals surface area contributed by atoms with Crippen molar-refractivity contribution >= 4 is 18.3 Å². The van der Waals surface area contributed by atoms with Gasteiger partial charge in [-0.1, -0.05) is 43.7 Å². The van der Waals surface area contributed by atoms with Gasteiger partial charge in [-0.15, -0.1) is 12.4 Å². The molecule has 102 valence electrons. The molecule has 4 heteroatoms. The highest BCUT2D eigenvalue weighted by molar-refractivity contribution is 5.85. The number of hydrogen-bond acceptors (Lipinski definition) is 2. The van der Waals surface area contributed by atoms with Gasteiger partial charge in [0.25, 0.3) is 0 Å². The Bertz CT molecular complexity index is 403. The summed E-state index contributed by atoms with van der Waals surface area (Å²) in [7, 11) is 0. The smallest absolute Gasteiger partial charge is 0.236 e. The fourth-order valence-corrected chi connectivity index (χ4v) is 1.64. The SMILES string of the molecule is Cc1cccc(C(C)(C)CNC(=O)[C@H](C)N)c1.Cl. The van der Waals surface area contributed by atoms with Gasteiger partial charge in [0.1, 0.15) is 0 Å². The quantitative estimate of drug-likeness (QED) is 0.881. The average molecular weight is 271 g/mol. The van der Waals surface area contributed by atoms with Gasteiger partial charge in [-0.3, -0.25) is 4.79 Å². The fourth-order valence-electron chi connectivity index (χ4n) is 1.64. The molecule has 1 amide bonds. The van der Waals surface area contributed by atoms with Crippen molar-refractivity contribution in [3.05, 3.63) is 35.4 Å². The van der Waals surface area contributed by atoms with Gasteiger partial charge in [-0.2, -0.15) is 0 Å². The summed E-state index contributed by atoms with van der Waals surface area (Å²) in [4.78, 5) is 11.5. The average Bonchev–Trinajstić information content (AvgIpc) is 2.26. The molecule has 0 unspecified atom stereocenters. The van der Waals surface area contributed by atoms with Crippen molar-refractivity contribution in [3.63, 3.8) is 0 Å². The summed E-state index contributed by atoms with van der Waals surface area (Å²) < 4.78 is 0. The standard InChI is InChI=1S/C14H22N2O.ClH/c1-10-6-5-7-12(8-10)14(3,4)9-16-13(17)11(2)15;/h5-8,11H,9,15H2,1-4H3,(H,16,17);1H/t11-;/m0./s1. The van der Waals surface area contributed by atoms with Crippen LogP contribution in [0.3, 0.4) is 0 Å². The molecule has 1 rings (SSSR count). The molecule has 0 saturated heterocycles. The van der Waals surface area contributed by atoms with Crippen molar-refractivity contribution in [1.82, 2.24) is 5.32 Å². The minimum atomic E-state index is -0.455. The van der Waals surface area contributed by atoms with Gasteiger partial charge in [0.15, 0.2) is 0 Å². The highest BCUT2D eigenvalue weighted by atomic mass is 35.5. The van der Waals surface area contributed by atoms with E-state index in [-0.39, 0.29) is 23.7 Å². The minimum Gasteiger partial charge on any atom is -0.354 e. The van der Waals surface area contributed by atoms with E-state index >= 15 is 0 Å². The molecule has 0 spiro atoms. The summed E-state index contributed by atoms with van der Waals surface area (Å²) in [5, 5.41) is 2.88. The zero-order chi connectivity index (χ0) is 13.1. The van der Waals surface area contributed by atoms with Crippen LogP contribution in [0.15, 0.2) is 24.3 Å². The third-order valence-electron chi connectivity index (χ3n) is 2.92. The van der Waals surface area contributed by atoms with Crippen molar-refractivity contribution in [2.45, 2.75) is 39.2 Å². The zero-order valence-electron chi connectivity index (χ0n) is 11.5. The first-order chi connectivity index (χ1) is 7.83. The molecule has 1 aromatic carbocycles. The largest absolute Gasteiger partial charge is 0.354 e. The first kappa shape index (κ1) is 16.9. The molecule has 3 nitrogen and oxygen atoms in total. The molecular formula is C14H23ClN2O. The lowest BCUT2D eigenvalue weighted by Crippen LogP contribution is -2.43. The van der Waals surface area contributed by atoms with Gasteiger partial charge < -0.3 is 11.1 Å². The highest BCUT2D eigenvalue weighted by Gasteiger charge is 2.22. The van der Waals surface area contributed by atoms with Crippen molar-refractivity contribution < 1.29 is 4.79 Å². The molecule has 0 heterocycles. The summed E-state index contributed by atoms with van der Waals surface area (Å²) in [6, 6.07) is 7.89. The Morgan fingerprint density at radius 1 is 1.44 bits per heavy atom. The summed E-state index contributed by atoms with van der Waals surface area (Å²) in [6.45, 7) is 8.58. The second kappa shape index (κ2) is 6.76. The van der Waals surface area contributed by atoms with Crippen LogP contribution in [0.25, 0.3) is 0 Å². The van der Waals surface area contributed by atoms with Crippen LogP contribution >= 0.6 is 12.4 Å². The van der Waals surface area contributed by atoms with Crippen LogP contribution in [0, 0.1) is 6.92 Å². The lowest BCUT2D eigenvalue weighted by Gasteiger charge is -2.26. The third kappa shape index (κ3) is 4.67. The van der Waals surface area contributed by atoms with E-state index in [0.29, 0.717) is 6.54 Å². The monoisotopic (exact) mass is 270 g/mol. The molecule has 1 aromatic rings. The van der Waals surface area contributed by atoms with Crippen LogP contribution in [0.2, 0.25) is 0 Å². The molecule has 1 atom stereocenters. The second-order valence-electron chi connectivity index (χ2n) is 5.26. The number of hydrogen-bond donors (Lipinski definition) is 2. The van der Waals surface area contributed by atoms with Gasteiger partial charge in [0.2, 0.25) is 5.91 Å².